The normalized spacial score (nSPS) is 14.9. The molecule has 0 aromatic rings. The fourth-order valence-electron chi connectivity index (χ4n) is 1.70. The number of hydrogen-bond donors (Lipinski definition) is 0. The standard InChI is InChI=1S/C14H30O3S/c1-5-7-10-14(6-2)12-17-18(15)16-11-8-9-13(3)4/h13-14H,5-12H2,1-4H3. The van der Waals surface area contributed by atoms with Crippen molar-refractivity contribution in [1.29, 1.82) is 0 Å². The van der Waals surface area contributed by atoms with Gasteiger partial charge in [0.25, 0.3) is 0 Å². The van der Waals surface area contributed by atoms with Crippen molar-refractivity contribution in [3.8, 4) is 0 Å². The van der Waals surface area contributed by atoms with E-state index in [4.69, 9.17) is 8.37 Å². The van der Waals surface area contributed by atoms with Crippen LogP contribution in [0.2, 0.25) is 0 Å². The summed E-state index contributed by atoms with van der Waals surface area (Å²) in [5.41, 5.74) is 0. The van der Waals surface area contributed by atoms with Crippen LogP contribution in [0.25, 0.3) is 0 Å². The van der Waals surface area contributed by atoms with Gasteiger partial charge in [-0.1, -0.05) is 47.0 Å². The van der Waals surface area contributed by atoms with Crippen molar-refractivity contribution in [3.63, 3.8) is 0 Å². The SMILES string of the molecule is CCCCC(CC)COS(=O)OCCCC(C)C. The molecule has 0 spiro atoms. The Morgan fingerprint density at radius 1 is 1.06 bits per heavy atom. The van der Waals surface area contributed by atoms with Gasteiger partial charge in [-0.2, -0.15) is 4.21 Å². The highest BCUT2D eigenvalue weighted by atomic mass is 32.2. The molecular formula is C14H30O3S. The summed E-state index contributed by atoms with van der Waals surface area (Å²) in [5.74, 6) is 1.18. The van der Waals surface area contributed by atoms with E-state index in [0.29, 0.717) is 25.0 Å². The predicted molar refractivity (Wildman–Crippen MR) is 77.4 cm³/mol. The summed E-state index contributed by atoms with van der Waals surface area (Å²) in [5, 5.41) is 0. The van der Waals surface area contributed by atoms with Crippen LogP contribution in [0, 0.1) is 11.8 Å². The summed E-state index contributed by atoms with van der Waals surface area (Å²) in [7, 11) is 0. The zero-order chi connectivity index (χ0) is 13.8. The first-order valence-electron chi connectivity index (χ1n) is 7.28. The van der Waals surface area contributed by atoms with Crippen LogP contribution in [0.1, 0.15) is 66.2 Å². The lowest BCUT2D eigenvalue weighted by Crippen LogP contribution is -2.12. The molecule has 0 aliphatic rings. The lowest BCUT2D eigenvalue weighted by atomic mass is 10.0. The van der Waals surface area contributed by atoms with E-state index in [2.05, 4.69) is 27.7 Å². The first kappa shape index (κ1) is 18.1. The minimum atomic E-state index is -1.56. The molecule has 2 unspecified atom stereocenters. The van der Waals surface area contributed by atoms with Crippen molar-refractivity contribution >= 4 is 11.4 Å². The summed E-state index contributed by atoms with van der Waals surface area (Å²) in [6.07, 6.45) is 6.68. The predicted octanol–water partition coefficient (Wildman–Crippen LogP) is 4.25. The summed E-state index contributed by atoms with van der Waals surface area (Å²) >= 11 is -1.56. The molecule has 0 radical (unpaired) electrons. The van der Waals surface area contributed by atoms with E-state index in [0.717, 1.165) is 25.7 Å². The van der Waals surface area contributed by atoms with Gasteiger partial charge in [0.2, 0.25) is 0 Å². The topological polar surface area (TPSA) is 35.5 Å². The van der Waals surface area contributed by atoms with Gasteiger partial charge in [-0.15, -0.1) is 0 Å². The van der Waals surface area contributed by atoms with Gasteiger partial charge in [0.1, 0.15) is 0 Å². The van der Waals surface area contributed by atoms with Crippen molar-refractivity contribution in [2.75, 3.05) is 13.2 Å². The largest absolute Gasteiger partial charge is 0.304 e. The second kappa shape index (κ2) is 12.1. The van der Waals surface area contributed by atoms with Gasteiger partial charge < -0.3 is 0 Å². The second-order valence-electron chi connectivity index (χ2n) is 5.26. The Balaban J connectivity index is 3.55. The molecule has 0 heterocycles. The maximum Gasteiger partial charge on any atom is 0.304 e. The third kappa shape index (κ3) is 11.2. The molecule has 0 saturated heterocycles. The molecule has 0 aliphatic heterocycles. The molecule has 0 N–H and O–H groups in total. The average Bonchev–Trinajstić information content (AvgIpc) is 2.34. The number of unbranched alkanes of at least 4 members (excludes halogenated alkanes) is 1. The lowest BCUT2D eigenvalue weighted by molar-refractivity contribution is 0.203. The van der Waals surface area contributed by atoms with Crippen LogP contribution in [0.3, 0.4) is 0 Å². The van der Waals surface area contributed by atoms with Gasteiger partial charge in [0.05, 0.1) is 13.2 Å². The summed E-state index contributed by atoms with van der Waals surface area (Å²) in [6, 6.07) is 0. The molecule has 4 heteroatoms. The second-order valence-corrected chi connectivity index (χ2v) is 6.14. The van der Waals surface area contributed by atoms with E-state index >= 15 is 0 Å². The fraction of sp³-hybridized carbons (Fsp3) is 1.00. The van der Waals surface area contributed by atoms with Crippen LogP contribution < -0.4 is 0 Å². The van der Waals surface area contributed by atoms with E-state index < -0.39 is 11.4 Å². The zero-order valence-corrected chi connectivity index (χ0v) is 13.3. The van der Waals surface area contributed by atoms with Crippen molar-refractivity contribution in [2.24, 2.45) is 11.8 Å². The van der Waals surface area contributed by atoms with Gasteiger partial charge in [-0.05, 0) is 31.1 Å². The molecule has 110 valence electrons. The van der Waals surface area contributed by atoms with Crippen LogP contribution >= 0.6 is 0 Å². The van der Waals surface area contributed by atoms with E-state index in [1.165, 1.54) is 12.8 Å². The molecule has 0 fully saturated rings. The smallest absolute Gasteiger partial charge is 0.268 e. The van der Waals surface area contributed by atoms with E-state index in [1.807, 2.05) is 0 Å². The first-order chi connectivity index (χ1) is 8.60. The molecular weight excluding hydrogens is 248 g/mol. The molecule has 0 amide bonds. The molecule has 18 heavy (non-hydrogen) atoms. The van der Waals surface area contributed by atoms with Crippen molar-refractivity contribution in [3.05, 3.63) is 0 Å². The Morgan fingerprint density at radius 2 is 1.78 bits per heavy atom. The van der Waals surface area contributed by atoms with Crippen molar-refractivity contribution in [2.45, 2.75) is 66.2 Å². The van der Waals surface area contributed by atoms with Crippen LogP contribution in [-0.4, -0.2) is 17.4 Å². The minimum absolute atomic E-state index is 0.508. The first-order valence-corrected chi connectivity index (χ1v) is 8.28. The Kier molecular flexibility index (Phi) is 12.2. The van der Waals surface area contributed by atoms with E-state index in [-0.39, 0.29) is 0 Å². The quantitative estimate of drug-likeness (QED) is 0.501. The van der Waals surface area contributed by atoms with Crippen molar-refractivity contribution < 1.29 is 12.6 Å². The Morgan fingerprint density at radius 3 is 2.33 bits per heavy atom. The Labute approximate surface area is 116 Å². The third-order valence-corrected chi connectivity index (χ3v) is 3.74. The summed E-state index contributed by atoms with van der Waals surface area (Å²) < 4.78 is 21.8. The van der Waals surface area contributed by atoms with Crippen LogP contribution in [-0.2, 0) is 19.7 Å². The number of rotatable bonds is 12. The number of hydrogen-bond acceptors (Lipinski definition) is 3. The highest BCUT2D eigenvalue weighted by Gasteiger charge is 2.09. The minimum Gasteiger partial charge on any atom is -0.268 e. The molecule has 0 rings (SSSR count). The van der Waals surface area contributed by atoms with Crippen LogP contribution in [0.15, 0.2) is 0 Å². The maximum atomic E-state index is 11.4. The maximum absolute atomic E-state index is 11.4. The fourth-order valence-corrected chi connectivity index (χ4v) is 2.33. The molecule has 0 aliphatic carbocycles. The van der Waals surface area contributed by atoms with Gasteiger partial charge in [0, 0.05) is 0 Å². The molecule has 0 bridgehead atoms. The lowest BCUT2D eigenvalue weighted by Gasteiger charge is -2.13. The Bertz CT molecular complexity index is 207. The van der Waals surface area contributed by atoms with E-state index in [1.54, 1.807) is 0 Å². The van der Waals surface area contributed by atoms with Crippen LogP contribution in [0.5, 0.6) is 0 Å². The molecule has 0 aromatic heterocycles. The summed E-state index contributed by atoms with van der Waals surface area (Å²) in [6.45, 7) is 9.75. The van der Waals surface area contributed by atoms with Gasteiger partial charge in [-0.25, -0.2) is 0 Å². The van der Waals surface area contributed by atoms with E-state index in [9.17, 15) is 4.21 Å². The van der Waals surface area contributed by atoms with Gasteiger partial charge in [0.15, 0.2) is 0 Å². The average molecular weight is 278 g/mol. The van der Waals surface area contributed by atoms with Crippen molar-refractivity contribution in [1.82, 2.24) is 0 Å². The molecule has 2 atom stereocenters. The zero-order valence-electron chi connectivity index (χ0n) is 12.4. The highest BCUT2D eigenvalue weighted by Crippen LogP contribution is 2.13. The summed E-state index contributed by atoms with van der Waals surface area (Å²) in [4.78, 5) is 0. The monoisotopic (exact) mass is 278 g/mol. The molecule has 0 aromatic carbocycles. The molecule has 0 saturated carbocycles. The van der Waals surface area contributed by atoms with Gasteiger partial charge >= 0.3 is 11.4 Å². The Hall–Kier alpha value is 0.0700. The highest BCUT2D eigenvalue weighted by molar-refractivity contribution is 7.75. The van der Waals surface area contributed by atoms with Gasteiger partial charge in [-0.3, -0.25) is 8.37 Å². The van der Waals surface area contributed by atoms with Crippen LogP contribution in [0.4, 0.5) is 0 Å². The third-order valence-electron chi connectivity index (χ3n) is 3.05. The molecule has 3 nitrogen and oxygen atoms in total.